The number of thiocarbonyl (C=S) groups is 1. The summed E-state index contributed by atoms with van der Waals surface area (Å²) in [7, 11) is -1.28. The van der Waals surface area contributed by atoms with Crippen LogP contribution in [-0.4, -0.2) is 42.0 Å². The van der Waals surface area contributed by atoms with Gasteiger partial charge in [-0.1, -0.05) is 12.2 Å². The minimum absolute atomic E-state index is 0.00105. The van der Waals surface area contributed by atoms with Crippen molar-refractivity contribution in [1.82, 2.24) is 9.78 Å². The third-order valence-corrected chi connectivity index (χ3v) is 3.33. The fraction of sp³-hybridized carbons (Fsp3) is 0.375. The molecule has 0 fully saturated rings. The van der Waals surface area contributed by atoms with Crippen LogP contribution < -0.4 is 10.5 Å². The minimum atomic E-state index is -3.89. The van der Waals surface area contributed by atoms with Crippen LogP contribution >= 0.6 is 12.2 Å². The van der Waals surface area contributed by atoms with Gasteiger partial charge in [0.15, 0.2) is 5.75 Å². The number of aromatic nitrogens is 2. The van der Waals surface area contributed by atoms with Gasteiger partial charge in [-0.2, -0.15) is 5.10 Å². The van der Waals surface area contributed by atoms with Crippen LogP contribution in [0.4, 0.5) is 5.82 Å². The molecule has 18 heavy (non-hydrogen) atoms. The predicted molar refractivity (Wildman–Crippen MR) is 68.5 cm³/mol. The van der Waals surface area contributed by atoms with E-state index in [2.05, 4.69) is 14.6 Å². The zero-order valence-electron chi connectivity index (χ0n) is 9.71. The zero-order chi connectivity index (χ0) is 13.9. The molecule has 0 radical (unpaired) electrons. The molecule has 100 valence electrons. The van der Waals surface area contributed by atoms with Gasteiger partial charge in [0, 0.05) is 7.05 Å². The maximum absolute atomic E-state index is 11.7. The lowest BCUT2D eigenvalue weighted by Gasteiger charge is -2.09. The number of aryl methyl sites for hydroxylation is 1. The number of nitrogens with two attached hydrogens (primary N) is 1. The Balaban J connectivity index is 3.01. The molecule has 3 N–H and O–H groups in total. The molecule has 0 unspecified atom stereocenters. The first-order chi connectivity index (χ1) is 8.26. The molecule has 0 atom stereocenters. The van der Waals surface area contributed by atoms with Gasteiger partial charge < -0.3 is 10.5 Å². The molecule has 1 aromatic rings. The summed E-state index contributed by atoms with van der Waals surface area (Å²) in [5.41, 5.74) is 5.70. The molecule has 0 aliphatic heterocycles. The van der Waals surface area contributed by atoms with Crippen molar-refractivity contribution in [2.45, 2.75) is 0 Å². The number of nitrogens with one attached hydrogen (secondary N) is 1. The first kappa shape index (κ1) is 14.4. The van der Waals surface area contributed by atoms with Crippen LogP contribution in [0, 0.1) is 0 Å². The van der Waals surface area contributed by atoms with E-state index in [9.17, 15) is 13.2 Å². The highest BCUT2D eigenvalue weighted by Crippen LogP contribution is 2.15. The number of carbonyl (C=O) groups excluding carboxylic acids is 1. The summed E-state index contributed by atoms with van der Waals surface area (Å²) in [6.45, 7) is 0. The van der Waals surface area contributed by atoms with Gasteiger partial charge in [-0.05, 0) is 0 Å². The largest absolute Gasteiger partial charge is 0.468 e. The maximum Gasteiger partial charge on any atom is 0.322 e. The number of rotatable bonds is 5. The van der Waals surface area contributed by atoms with Gasteiger partial charge in [0.05, 0.1) is 18.9 Å². The number of nitrogens with zero attached hydrogens (tertiary/aromatic N) is 2. The number of esters is 1. The van der Waals surface area contributed by atoms with Gasteiger partial charge in [0.2, 0.25) is 10.0 Å². The molecule has 1 aromatic heterocycles. The summed E-state index contributed by atoms with van der Waals surface area (Å²) in [4.78, 5) is 10.9. The van der Waals surface area contributed by atoms with E-state index in [1.807, 2.05) is 0 Å². The molecule has 0 bridgehead atoms. The summed E-state index contributed by atoms with van der Waals surface area (Å²) in [5.74, 6) is -1.57. The molecule has 0 aliphatic carbocycles. The Morgan fingerprint density at radius 1 is 1.67 bits per heavy atom. The van der Waals surface area contributed by atoms with Gasteiger partial charge in [-0.15, -0.1) is 0 Å². The highest BCUT2D eigenvalue weighted by Gasteiger charge is 2.21. The lowest BCUT2D eigenvalue weighted by atomic mass is 10.3. The van der Waals surface area contributed by atoms with Crippen molar-refractivity contribution in [3.8, 4) is 0 Å². The molecular formula is C8H12N4O4S2. The number of hydrogen-bond acceptors (Lipinski definition) is 6. The third-order valence-electron chi connectivity index (χ3n) is 1.99. The van der Waals surface area contributed by atoms with Crippen LogP contribution in [0.2, 0.25) is 0 Å². The van der Waals surface area contributed by atoms with E-state index >= 15 is 0 Å². The number of hydrogen-bond donors (Lipinski definition) is 2. The van der Waals surface area contributed by atoms with Gasteiger partial charge in [-0.3, -0.25) is 14.2 Å². The molecule has 0 saturated carbocycles. The van der Waals surface area contributed by atoms with Gasteiger partial charge in [0.25, 0.3) is 0 Å². The Morgan fingerprint density at radius 3 is 2.78 bits per heavy atom. The normalized spacial score (nSPS) is 11.0. The second kappa shape index (κ2) is 5.31. The van der Waals surface area contributed by atoms with Crippen molar-refractivity contribution in [2.75, 3.05) is 17.6 Å². The molecule has 0 spiro atoms. The monoisotopic (exact) mass is 292 g/mol. The van der Waals surface area contributed by atoms with Crippen LogP contribution in [0.25, 0.3) is 0 Å². The third kappa shape index (κ3) is 3.40. The SMILES string of the molecule is COC(=O)CS(=O)(=O)Nc1c(C(N)=S)cnn1C. The van der Waals surface area contributed by atoms with Gasteiger partial charge in [0.1, 0.15) is 10.8 Å². The van der Waals surface area contributed by atoms with E-state index in [0.717, 1.165) is 7.11 Å². The highest BCUT2D eigenvalue weighted by atomic mass is 32.2. The molecule has 0 saturated heterocycles. The van der Waals surface area contributed by atoms with Crippen molar-refractivity contribution in [2.24, 2.45) is 12.8 Å². The van der Waals surface area contributed by atoms with Crippen molar-refractivity contribution < 1.29 is 17.9 Å². The number of sulfonamides is 1. The molecule has 8 nitrogen and oxygen atoms in total. The molecule has 0 aromatic carbocycles. The first-order valence-corrected chi connectivity index (χ1v) is 6.72. The van der Waals surface area contributed by atoms with Crippen LogP contribution in [-0.2, 0) is 26.6 Å². The summed E-state index contributed by atoms with van der Waals surface area (Å²) in [5, 5.41) is 3.83. The van der Waals surface area contributed by atoms with Crippen molar-refractivity contribution in [1.29, 1.82) is 0 Å². The second-order valence-corrected chi connectivity index (χ2v) is 5.49. The van der Waals surface area contributed by atoms with Crippen molar-refractivity contribution in [3.63, 3.8) is 0 Å². The van der Waals surface area contributed by atoms with E-state index in [4.69, 9.17) is 18.0 Å². The Kier molecular flexibility index (Phi) is 4.24. The van der Waals surface area contributed by atoms with Gasteiger partial charge >= 0.3 is 5.97 Å². The quantitative estimate of drug-likeness (QED) is 0.526. The molecule has 0 amide bonds. The average Bonchev–Trinajstić information content (AvgIpc) is 2.59. The summed E-state index contributed by atoms with van der Waals surface area (Å²) < 4.78 is 31.0. The molecule has 1 rings (SSSR count). The fourth-order valence-corrected chi connectivity index (χ4v) is 2.32. The van der Waals surface area contributed by atoms with Crippen LogP contribution in [0.1, 0.15) is 5.56 Å². The molecule has 0 aliphatic rings. The van der Waals surface area contributed by atoms with E-state index in [0.29, 0.717) is 0 Å². The molecule has 10 heteroatoms. The molecular weight excluding hydrogens is 280 g/mol. The predicted octanol–water partition coefficient (Wildman–Crippen LogP) is -1.03. The lowest BCUT2D eigenvalue weighted by Crippen LogP contribution is -2.26. The van der Waals surface area contributed by atoms with Gasteiger partial charge in [-0.25, -0.2) is 8.42 Å². The Hall–Kier alpha value is -1.68. The minimum Gasteiger partial charge on any atom is -0.468 e. The lowest BCUT2D eigenvalue weighted by molar-refractivity contribution is -0.137. The number of ether oxygens (including phenoxy) is 1. The van der Waals surface area contributed by atoms with Crippen LogP contribution in [0.3, 0.4) is 0 Å². The standard InChI is InChI=1S/C8H12N4O4S2/c1-12-8(5(3-10-12)7(9)17)11-18(14,15)4-6(13)16-2/h3,11H,4H2,1-2H3,(H2,9,17). The number of anilines is 1. The number of carbonyl (C=O) groups is 1. The Bertz CT molecular complexity index is 578. The van der Waals surface area contributed by atoms with E-state index in [-0.39, 0.29) is 16.4 Å². The fourth-order valence-electron chi connectivity index (χ4n) is 1.14. The smallest absolute Gasteiger partial charge is 0.322 e. The summed E-state index contributed by atoms with van der Waals surface area (Å²) in [6.07, 6.45) is 1.33. The maximum atomic E-state index is 11.7. The zero-order valence-corrected chi connectivity index (χ0v) is 11.3. The topological polar surface area (TPSA) is 116 Å². The first-order valence-electron chi connectivity index (χ1n) is 4.66. The Morgan fingerprint density at radius 2 is 2.28 bits per heavy atom. The number of methoxy groups -OCH3 is 1. The van der Waals surface area contributed by atoms with Crippen molar-refractivity contribution in [3.05, 3.63) is 11.8 Å². The average molecular weight is 292 g/mol. The van der Waals surface area contributed by atoms with E-state index < -0.39 is 21.7 Å². The summed E-state index contributed by atoms with van der Waals surface area (Å²) >= 11 is 4.76. The second-order valence-electron chi connectivity index (χ2n) is 3.33. The Labute approximate surface area is 109 Å². The molecule has 1 heterocycles. The van der Waals surface area contributed by atoms with Crippen molar-refractivity contribution >= 4 is 39.0 Å². The highest BCUT2D eigenvalue weighted by molar-refractivity contribution is 7.93. The van der Waals surface area contributed by atoms with E-state index in [1.165, 1.54) is 17.9 Å². The summed E-state index contributed by atoms with van der Waals surface area (Å²) in [6, 6.07) is 0. The van der Waals surface area contributed by atoms with Crippen LogP contribution in [0.15, 0.2) is 6.20 Å². The van der Waals surface area contributed by atoms with E-state index in [1.54, 1.807) is 0 Å². The van der Waals surface area contributed by atoms with Crippen LogP contribution in [0.5, 0.6) is 0 Å².